The maximum absolute atomic E-state index is 5.96. The number of hydrogen-bond donors (Lipinski definition) is 2. The molecule has 2 heterocycles. The molecule has 0 aliphatic carbocycles. The molecule has 0 atom stereocenters. The second-order valence-corrected chi connectivity index (χ2v) is 7.22. The highest BCUT2D eigenvalue weighted by Crippen LogP contribution is 2.21. The fourth-order valence-corrected chi connectivity index (χ4v) is 3.20. The van der Waals surface area contributed by atoms with E-state index in [1.807, 2.05) is 61.5 Å². The molecule has 8 heteroatoms. The van der Waals surface area contributed by atoms with Gasteiger partial charge in [-0.1, -0.05) is 41.9 Å². The van der Waals surface area contributed by atoms with Crippen molar-refractivity contribution >= 4 is 40.8 Å². The Kier molecular flexibility index (Phi) is 5.86. The molecule has 3 aromatic rings. The Hall–Kier alpha value is -3.19. The average molecular weight is 408 g/mol. The Balaban J connectivity index is 1.59. The Morgan fingerprint density at radius 1 is 0.931 bits per heavy atom. The number of hydrazone groups is 1. The quantitative estimate of drug-likeness (QED) is 0.455. The largest absolute Gasteiger partial charge is 0.341 e. The van der Waals surface area contributed by atoms with E-state index in [9.17, 15) is 0 Å². The molecule has 2 N–H and O–H groups in total. The summed E-state index contributed by atoms with van der Waals surface area (Å²) in [6, 6.07) is 17.4. The van der Waals surface area contributed by atoms with E-state index >= 15 is 0 Å². The maximum atomic E-state index is 5.96. The zero-order valence-electron chi connectivity index (χ0n) is 16.1. The zero-order chi connectivity index (χ0) is 20.1. The highest BCUT2D eigenvalue weighted by molar-refractivity contribution is 6.30. The molecule has 0 spiro atoms. The molecule has 4 rings (SSSR count). The van der Waals surface area contributed by atoms with Crippen LogP contribution in [0.4, 0.5) is 23.5 Å². The van der Waals surface area contributed by atoms with Gasteiger partial charge in [0.25, 0.3) is 0 Å². The number of rotatable bonds is 6. The van der Waals surface area contributed by atoms with Crippen molar-refractivity contribution in [3.05, 3.63) is 65.2 Å². The number of nitrogens with zero attached hydrogens (tertiary/aromatic N) is 5. The van der Waals surface area contributed by atoms with Gasteiger partial charge in [-0.25, -0.2) is 5.43 Å². The van der Waals surface area contributed by atoms with Gasteiger partial charge >= 0.3 is 0 Å². The molecule has 29 heavy (non-hydrogen) atoms. The van der Waals surface area contributed by atoms with Crippen molar-refractivity contribution in [2.75, 3.05) is 28.7 Å². The van der Waals surface area contributed by atoms with Gasteiger partial charge in [0, 0.05) is 23.8 Å². The van der Waals surface area contributed by atoms with E-state index < -0.39 is 0 Å². The van der Waals surface area contributed by atoms with Crippen LogP contribution in [0.25, 0.3) is 0 Å². The van der Waals surface area contributed by atoms with Crippen molar-refractivity contribution in [1.82, 2.24) is 15.0 Å². The van der Waals surface area contributed by atoms with Gasteiger partial charge in [-0.05, 0) is 49.6 Å². The predicted molar refractivity (Wildman–Crippen MR) is 118 cm³/mol. The first kappa shape index (κ1) is 19.1. The third-order valence-corrected chi connectivity index (χ3v) is 4.88. The summed E-state index contributed by atoms with van der Waals surface area (Å²) in [7, 11) is 0. The molecular weight excluding hydrogens is 386 g/mol. The summed E-state index contributed by atoms with van der Waals surface area (Å²) < 4.78 is 0. The van der Waals surface area contributed by atoms with Crippen LogP contribution in [0, 0.1) is 0 Å². The standard InChI is InChI=1S/C21H22ClN7/c1-15(16-9-11-17(22)12-10-16)27-28-20-24-19(23-18-7-3-2-4-8-18)25-21(26-20)29-13-5-6-14-29/h2-4,7-12H,5-6,13-14H2,1H3,(H2,23,24,25,26,28)/b27-15-. The van der Waals surface area contributed by atoms with E-state index in [1.165, 1.54) is 0 Å². The summed E-state index contributed by atoms with van der Waals surface area (Å²) in [5, 5.41) is 8.37. The van der Waals surface area contributed by atoms with Crippen LogP contribution in [0.15, 0.2) is 59.7 Å². The molecule has 1 fully saturated rings. The van der Waals surface area contributed by atoms with Crippen LogP contribution in [0.5, 0.6) is 0 Å². The van der Waals surface area contributed by atoms with Crippen molar-refractivity contribution in [3.63, 3.8) is 0 Å². The lowest BCUT2D eigenvalue weighted by molar-refractivity contribution is 0.882. The summed E-state index contributed by atoms with van der Waals surface area (Å²) >= 11 is 5.96. The first-order valence-corrected chi connectivity index (χ1v) is 9.94. The van der Waals surface area contributed by atoms with Gasteiger partial charge in [-0.3, -0.25) is 0 Å². The Morgan fingerprint density at radius 2 is 1.62 bits per heavy atom. The van der Waals surface area contributed by atoms with Crippen LogP contribution in [-0.4, -0.2) is 33.8 Å². The first-order valence-electron chi connectivity index (χ1n) is 9.57. The minimum atomic E-state index is 0.397. The van der Waals surface area contributed by atoms with E-state index in [1.54, 1.807) is 0 Å². The van der Waals surface area contributed by atoms with Gasteiger partial charge < -0.3 is 10.2 Å². The van der Waals surface area contributed by atoms with E-state index in [0.29, 0.717) is 22.9 Å². The molecule has 1 aliphatic rings. The monoisotopic (exact) mass is 407 g/mol. The summed E-state index contributed by atoms with van der Waals surface area (Å²) in [5.74, 6) is 1.53. The van der Waals surface area contributed by atoms with Gasteiger partial charge in [-0.2, -0.15) is 20.1 Å². The fraction of sp³-hybridized carbons (Fsp3) is 0.238. The smallest absolute Gasteiger partial charge is 0.250 e. The molecule has 0 amide bonds. The summed E-state index contributed by atoms with van der Waals surface area (Å²) in [6.07, 6.45) is 2.29. The Bertz CT molecular complexity index is 984. The molecule has 7 nitrogen and oxygen atoms in total. The minimum Gasteiger partial charge on any atom is -0.341 e. The van der Waals surface area contributed by atoms with Gasteiger partial charge in [0.05, 0.1) is 5.71 Å². The number of hydrogen-bond acceptors (Lipinski definition) is 7. The molecule has 0 saturated carbocycles. The first-order chi connectivity index (χ1) is 14.2. The lowest BCUT2D eigenvalue weighted by Crippen LogP contribution is -2.22. The number of aromatic nitrogens is 3. The van der Waals surface area contributed by atoms with Crippen molar-refractivity contribution in [3.8, 4) is 0 Å². The van der Waals surface area contributed by atoms with Gasteiger partial charge in [0.1, 0.15) is 0 Å². The SMILES string of the molecule is C/C(=N/Nc1nc(Nc2ccccc2)nc(N2CCCC2)n1)c1ccc(Cl)cc1. The van der Waals surface area contributed by atoms with E-state index in [-0.39, 0.29) is 0 Å². The molecule has 1 saturated heterocycles. The minimum absolute atomic E-state index is 0.397. The lowest BCUT2D eigenvalue weighted by Gasteiger charge is -2.16. The van der Waals surface area contributed by atoms with E-state index in [2.05, 4.69) is 35.7 Å². The molecule has 2 aromatic carbocycles. The van der Waals surface area contributed by atoms with Crippen LogP contribution in [-0.2, 0) is 0 Å². The van der Waals surface area contributed by atoms with Crippen LogP contribution < -0.4 is 15.6 Å². The van der Waals surface area contributed by atoms with Crippen LogP contribution in [0.1, 0.15) is 25.3 Å². The van der Waals surface area contributed by atoms with Crippen LogP contribution >= 0.6 is 11.6 Å². The second-order valence-electron chi connectivity index (χ2n) is 6.78. The topological polar surface area (TPSA) is 78.3 Å². The number of para-hydroxylation sites is 1. The van der Waals surface area contributed by atoms with Crippen LogP contribution in [0.3, 0.4) is 0 Å². The number of anilines is 4. The predicted octanol–water partition coefficient (Wildman–Crippen LogP) is 4.70. The lowest BCUT2D eigenvalue weighted by atomic mass is 10.1. The average Bonchev–Trinajstić information content (AvgIpc) is 3.28. The van der Waals surface area contributed by atoms with Gasteiger partial charge in [0.2, 0.25) is 17.8 Å². The zero-order valence-corrected chi connectivity index (χ0v) is 16.9. The summed E-state index contributed by atoms with van der Waals surface area (Å²) in [4.78, 5) is 15.8. The van der Waals surface area contributed by atoms with Crippen molar-refractivity contribution < 1.29 is 0 Å². The molecule has 0 bridgehead atoms. The second kappa shape index (κ2) is 8.87. The molecular formula is C21H22ClN7. The fourth-order valence-electron chi connectivity index (χ4n) is 3.07. The molecule has 1 aromatic heterocycles. The summed E-state index contributed by atoms with van der Waals surface area (Å²) in [6.45, 7) is 3.81. The van der Waals surface area contributed by atoms with Gasteiger partial charge in [-0.15, -0.1) is 0 Å². The number of nitrogens with one attached hydrogen (secondary N) is 2. The third-order valence-electron chi connectivity index (χ3n) is 4.63. The van der Waals surface area contributed by atoms with Gasteiger partial charge in [0.15, 0.2) is 0 Å². The maximum Gasteiger partial charge on any atom is 0.250 e. The Labute approximate surface area is 174 Å². The highest BCUT2D eigenvalue weighted by Gasteiger charge is 2.17. The summed E-state index contributed by atoms with van der Waals surface area (Å²) in [5.41, 5.74) is 5.67. The van der Waals surface area contributed by atoms with E-state index in [4.69, 9.17) is 11.6 Å². The molecule has 148 valence electrons. The third kappa shape index (κ3) is 5.00. The molecule has 1 aliphatic heterocycles. The molecule has 0 radical (unpaired) electrons. The normalized spacial score (nSPS) is 14.1. The number of halogens is 1. The van der Waals surface area contributed by atoms with Crippen molar-refractivity contribution in [2.24, 2.45) is 5.10 Å². The van der Waals surface area contributed by atoms with Crippen LogP contribution in [0.2, 0.25) is 5.02 Å². The Morgan fingerprint density at radius 3 is 2.34 bits per heavy atom. The van der Waals surface area contributed by atoms with Crippen molar-refractivity contribution in [2.45, 2.75) is 19.8 Å². The highest BCUT2D eigenvalue weighted by atomic mass is 35.5. The van der Waals surface area contributed by atoms with E-state index in [0.717, 1.165) is 42.9 Å². The number of benzene rings is 2. The molecule has 0 unspecified atom stereocenters. The van der Waals surface area contributed by atoms with Crippen molar-refractivity contribution in [1.29, 1.82) is 0 Å².